The Morgan fingerprint density at radius 1 is 1.50 bits per heavy atom. The molecular weight excluding hydrogens is 174 g/mol. The smallest absolute Gasteiger partial charge is 0.103 e. The second kappa shape index (κ2) is 3.12. The third-order valence-electron chi connectivity index (χ3n) is 1.56. The van der Waals surface area contributed by atoms with Crippen molar-refractivity contribution in [1.82, 2.24) is 15.2 Å². The van der Waals surface area contributed by atoms with Crippen molar-refractivity contribution in [2.75, 3.05) is 6.61 Å². The first-order valence-corrected chi connectivity index (χ1v) is 4.44. The Bertz CT molecular complexity index is 387. The first-order chi connectivity index (χ1) is 5.92. The molecule has 0 saturated heterocycles. The lowest BCUT2D eigenvalue weighted by Crippen LogP contribution is -1.96. The van der Waals surface area contributed by atoms with Gasteiger partial charge in [0.25, 0.3) is 0 Å². The molecule has 2 aromatic heterocycles. The van der Waals surface area contributed by atoms with Crippen LogP contribution in [-0.2, 0) is 6.42 Å². The van der Waals surface area contributed by atoms with E-state index in [2.05, 4.69) is 15.2 Å². The summed E-state index contributed by atoms with van der Waals surface area (Å²) in [5, 5.41) is 16.4. The van der Waals surface area contributed by atoms with E-state index in [-0.39, 0.29) is 6.61 Å². The summed E-state index contributed by atoms with van der Waals surface area (Å²) in [5.41, 5.74) is 3.45. The molecule has 0 fully saturated rings. The van der Waals surface area contributed by atoms with E-state index in [0.29, 0.717) is 6.42 Å². The molecule has 0 saturated carbocycles. The van der Waals surface area contributed by atoms with E-state index >= 15 is 0 Å². The lowest BCUT2D eigenvalue weighted by molar-refractivity contribution is 0.298. The van der Waals surface area contributed by atoms with Gasteiger partial charge in [-0.25, -0.2) is 4.98 Å². The molecule has 2 rings (SSSR count). The Kier molecular flexibility index (Phi) is 1.97. The van der Waals surface area contributed by atoms with E-state index in [1.165, 1.54) is 11.3 Å². The number of nitrogens with zero attached hydrogens (tertiary/aromatic N) is 3. The zero-order valence-corrected chi connectivity index (χ0v) is 7.08. The summed E-state index contributed by atoms with van der Waals surface area (Å²) in [5.74, 6) is 0. The molecule has 1 N–H and O–H groups in total. The van der Waals surface area contributed by atoms with Gasteiger partial charge in [-0.15, -0.1) is 11.3 Å². The molecule has 0 aliphatic rings. The highest BCUT2D eigenvalue weighted by molar-refractivity contribution is 7.16. The third-order valence-corrected chi connectivity index (χ3v) is 2.46. The number of aliphatic hydroxyl groups is 1. The first-order valence-electron chi connectivity index (χ1n) is 3.56. The summed E-state index contributed by atoms with van der Waals surface area (Å²) in [6.07, 6.45) is 2.18. The van der Waals surface area contributed by atoms with Gasteiger partial charge < -0.3 is 5.11 Å². The van der Waals surface area contributed by atoms with Crippen molar-refractivity contribution in [2.45, 2.75) is 6.42 Å². The van der Waals surface area contributed by atoms with Crippen molar-refractivity contribution < 1.29 is 5.11 Å². The molecule has 0 amide bonds. The molecule has 0 aromatic carbocycles. The maximum absolute atomic E-state index is 8.73. The van der Waals surface area contributed by atoms with Gasteiger partial charge in [0.2, 0.25) is 0 Å². The molecule has 4 nitrogen and oxygen atoms in total. The summed E-state index contributed by atoms with van der Waals surface area (Å²) in [7, 11) is 0. The van der Waals surface area contributed by atoms with E-state index < -0.39 is 0 Å². The van der Waals surface area contributed by atoms with Crippen molar-refractivity contribution in [3.63, 3.8) is 0 Å². The molecule has 5 heteroatoms. The van der Waals surface area contributed by atoms with Gasteiger partial charge in [0.05, 0.1) is 22.1 Å². The zero-order chi connectivity index (χ0) is 8.39. The summed E-state index contributed by atoms with van der Waals surface area (Å²) in [4.78, 5) is 4.10. The monoisotopic (exact) mass is 181 g/mol. The molecule has 0 bridgehead atoms. The maximum Gasteiger partial charge on any atom is 0.103 e. The molecule has 0 unspecified atom stereocenters. The quantitative estimate of drug-likeness (QED) is 0.737. The molecule has 0 spiro atoms. The van der Waals surface area contributed by atoms with Crippen LogP contribution in [0.4, 0.5) is 0 Å². The van der Waals surface area contributed by atoms with Gasteiger partial charge in [-0.05, 0) is 0 Å². The van der Waals surface area contributed by atoms with Crippen LogP contribution in [0, 0.1) is 0 Å². The van der Waals surface area contributed by atoms with E-state index in [9.17, 15) is 0 Å². The highest BCUT2D eigenvalue weighted by atomic mass is 32.1. The number of thiazole rings is 1. The van der Waals surface area contributed by atoms with Crippen LogP contribution in [0.25, 0.3) is 10.2 Å². The Balaban J connectivity index is 2.57. The lowest BCUT2D eigenvalue weighted by atomic mass is 10.3. The first kappa shape index (κ1) is 7.57. The molecule has 2 heterocycles. The fourth-order valence-corrected chi connectivity index (χ4v) is 1.81. The number of rotatable bonds is 2. The fraction of sp³-hybridized carbons (Fsp3) is 0.286. The van der Waals surface area contributed by atoms with Crippen molar-refractivity contribution in [1.29, 1.82) is 0 Å². The zero-order valence-electron chi connectivity index (χ0n) is 6.27. The van der Waals surface area contributed by atoms with Crippen LogP contribution in [0.15, 0.2) is 11.7 Å². The summed E-state index contributed by atoms with van der Waals surface area (Å²) in [6.45, 7) is 0.103. The molecular formula is C7H7N3OS. The highest BCUT2D eigenvalue weighted by Gasteiger charge is 2.04. The second-order valence-electron chi connectivity index (χ2n) is 2.33. The van der Waals surface area contributed by atoms with Crippen LogP contribution in [0.3, 0.4) is 0 Å². The number of hydrogen-bond donors (Lipinski definition) is 1. The lowest BCUT2D eigenvalue weighted by Gasteiger charge is -1.95. The average molecular weight is 181 g/mol. The van der Waals surface area contributed by atoms with Gasteiger partial charge in [-0.1, -0.05) is 0 Å². The number of aliphatic hydroxyl groups excluding tert-OH is 1. The van der Waals surface area contributed by atoms with E-state index in [4.69, 9.17) is 5.11 Å². The van der Waals surface area contributed by atoms with Crippen molar-refractivity contribution in [3.05, 3.63) is 17.4 Å². The number of fused-ring (bicyclic) bond motifs is 1. The average Bonchev–Trinajstić information content (AvgIpc) is 2.53. The van der Waals surface area contributed by atoms with Crippen LogP contribution < -0.4 is 0 Å². The van der Waals surface area contributed by atoms with Crippen LogP contribution in [0.1, 0.15) is 5.69 Å². The normalized spacial score (nSPS) is 10.8. The summed E-state index contributed by atoms with van der Waals surface area (Å²) < 4.78 is 1.03. The predicted octanol–water partition coefficient (Wildman–Crippen LogP) is 0.621. The van der Waals surface area contributed by atoms with Crippen LogP contribution >= 0.6 is 11.3 Å². The van der Waals surface area contributed by atoms with Crippen LogP contribution in [-0.4, -0.2) is 26.9 Å². The molecule has 62 valence electrons. The second-order valence-corrected chi connectivity index (χ2v) is 3.19. The third kappa shape index (κ3) is 1.17. The van der Waals surface area contributed by atoms with Gasteiger partial charge in [-0.2, -0.15) is 10.2 Å². The highest BCUT2D eigenvalue weighted by Crippen LogP contribution is 2.19. The summed E-state index contributed by atoms with van der Waals surface area (Å²) >= 11 is 1.53. The SMILES string of the molecule is OCCc1nncc2ncsc12. The predicted molar refractivity (Wildman–Crippen MR) is 46.0 cm³/mol. The Morgan fingerprint density at radius 3 is 3.25 bits per heavy atom. The fourth-order valence-electron chi connectivity index (χ4n) is 1.03. The van der Waals surface area contributed by atoms with E-state index in [0.717, 1.165) is 15.9 Å². The van der Waals surface area contributed by atoms with Crippen LogP contribution in [0.2, 0.25) is 0 Å². The molecule has 0 radical (unpaired) electrons. The van der Waals surface area contributed by atoms with E-state index in [1.807, 2.05) is 0 Å². The van der Waals surface area contributed by atoms with Crippen LogP contribution in [0.5, 0.6) is 0 Å². The van der Waals surface area contributed by atoms with Crippen molar-refractivity contribution >= 4 is 21.6 Å². The Hall–Kier alpha value is -1.07. The van der Waals surface area contributed by atoms with Gasteiger partial charge >= 0.3 is 0 Å². The molecule has 0 aliphatic heterocycles. The van der Waals surface area contributed by atoms with Gasteiger partial charge in [0.15, 0.2) is 0 Å². The standard InChI is InChI=1S/C7H7N3OS/c11-2-1-5-7-6(3-9-10-5)8-4-12-7/h3-4,11H,1-2H2. The molecule has 2 aromatic rings. The topological polar surface area (TPSA) is 58.9 Å². The molecule has 0 aliphatic carbocycles. The summed E-state index contributed by atoms with van der Waals surface area (Å²) in [6, 6.07) is 0. The van der Waals surface area contributed by atoms with Crippen molar-refractivity contribution in [3.8, 4) is 0 Å². The minimum atomic E-state index is 0.103. The van der Waals surface area contributed by atoms with Gasteiger partial charge in [0.1, 0.15) is 5.52 Å². The molecule has 0 atom stereocenters. The number of hydrogen-bond acceptors (Lipinski definition) is 5. The minimum absolute atomic E-state index is 0.103. The molecule has 12 heavy (non-hydrogen) atoms. The maximum atomic E-state index is 8.73. The minimum Gasteiger partial charge on any atom is -0.396 e. The van der Waals surface area contributed by atoms with Gasteiger partial charge in [0, 0.05) is 13.0 Å². The van der Waals surface area contributed by atoms with E-state index in [1.54, 1.807) is 11.7 Å². The Labute approximate surface area is 72.9 Å². The largest absolute Gasteiger partial charge is 0.396 e. The number of aromatic nitrogens is 3. The Morgan fingerprint density at radius 2 is 2.42 bits per heavy atom. The van der Waals surface area contributed by atoms with Crippen molar-refractivity contribution in [2.24, 2.45) is 0 Å². The van der Waals surface area contributed by atoms with Gasteiger partial charge in [-0.3, -0.25) is 0 Å².